The maximum atomic E-state index is 5.12. The van der Waals surface area contributed by atoms with E-state index >= 15 is 0 Å². The molecule has 6 nitrogen and oxygen atoms in total. The van der Waals surface area contributed by atoms with E-state index in [4.69, 9.17) is 4.52 Å². The minimum absolute atomic E-state index is 0.0348. The maximum absolute atomic E-state index is 5.12. The summed E-state index contributed by atoms with van der Waals surface area (Å²) in [6, 6.07) is 0. The highest BCUT2D eigenvalue weighted by Gasteiger charge is 2.15. The smallest absolute Gasteiger partial charge is 0.138 e. The van der Waals surface area contributed by atoms with Gasteiger partial charge in [-0.05, 0) is 34.6 Å². The fourth-order valence-corrected chi connectivity index (χ4v) is 1.78. The van der Waals surface area contributed by atoms with Crippen molar-refractivity contribution in [3.63, 3.8) is 0 Å². The van der Waals surface area contributed by atoms with E-state index in [-0.39, 0.29) is 5.54 Å². The first-order valence-electron chi connectivity index (χ1n) is 6.42. The second kappa shape index (κ2) is 5.13. The Morgan fingerprint density at radius 2 is 2.00 bits per heavy atom. The number of aryl methyl sites for hydroxylation is 2. The van der Waals surface area contributed by atoms with Crippen LogP contribution in [0, 0.1) is 13.8 Å². The molecule has 19 heavy (non-hydrogen) atoms. The van der Waals surface area contributed by atoms with Crippen LogP contribution in [0.1, 0.15) is 43.5 Å². The molecule has 0 aliphatic carbocycles. The Labute approximate surface area is 113 Å². The third-order valence-electron chi connectivity index (χ3n) is 3.02. The van der Waals surface area contributed by atoms with Crippen LogP contribution in [0.15, 0.2) is 10.7 Å². The Morgan fingerprint density at radius 1 is 1.26 bits per heavy atom. The molecule has 0 saturated carbocycles. The zero-order valence-corrected chi connectivity index (χ0v) is 12.2. The van der Waals surface area contributed by atoms with Gasteiger partial charge in [0.05, 0.1) is 23.1 Å². The van der Waals surface area contributed by atoms with Crippen molar-refractivity contribution in [2.45, 2.75) is 53.2 Å². The Morgan fingerprint density at radius 3 is 2.53 bits per heavy atom. The Bertz CT molecular complexity index is 530. The highest BCUT2D eigenvalue weighted by molar-refractivity contribution is 5.20. The van der Waals surface area contributed by atoms with Gasteiger partial charge >= 0.3 is 0 Å². The summed E-state index contributed by atoms with van der Waals surface area (Å²) in [6.07, 6.45) is 1.97. The first kappa shape index (κ1) is 13.7. The molecule has 0 atom stereocenters. The molecule has 2 rings (SSSR count). The molecule has 0 amide bonds. The fourth-order valence-electron chi connectivity index (χ4n) is 1.78. The van der Waals surface area contributed by atoms with Crippen LogP contribution in [-0.2, 0) is 18.6 Å². The van der Waals surface area contributed by atoms with Crippen molar-refractivity contribution in [1.29, 1.82) is 0 Å². The highest BCUT2D eigenvalue weighted by Crippen LogP contribution is 2.13. The molecule has 0 saturated heterocycles. The quantitative estimate of drug-likeness (QED) is 0.912. The average Bonchev–Trinajstić information content (AvgIpc) is 2.90. The van der Waals surface area contributed by atoms with E-state index in [1.54, 1.807) is 0 Å². The van der Waals surface area contributed by atoms with Crippen molar-refractivity contribution in [3.8, 4) is 0 Å². The molecule has 0 fully saturated rings. The van der Waals surface area contributed by atoms with E-state index in [0.29, 0.717) is 6.54 Å². The van der Waals surface area contributed by atoms with Crippen molar-refractivity contribution < 1.29 is 4.52 Å². The van der Waals surface area contributed by atoms with E-state index in [1.807, 2.05) is 24.7 Å². The minimum atomic E-state index is -0.0348. The number of hydrogen-bond donors (Lipinski definition) is 1. The summed E-state index contributed by atoms with van der Waals surface area (Å²) in [5, 5.41) is 15.6. The SMILES string of the molecule is Cc1noc(C)c1CNCc1cn(C(C)(C)C)nn1. The Balaban J connectivity index is 1.91. The molecule has 0 spiro atoms. The van der Waals surface area contributed by atoms with Gasteiger partial charge in [-0.25, -0.2) is 4.68 Å². The van der Waals surface area contributed by atoms with Crippen LogP contribution in [0.4, 0.5) is 0 Å². The third-order valence-corrected chi connectivity index (χ3v) is 3.02. The molecule has 2 aromatic rings. The first-order valence-corrected chi connectivity index (χ1v) is 6.42. The summed E-state index contributed by atoms with van der Waals surface area (Å²) in [5.41, 5.74) is 2.95. The van der Waals surface area contributed by atoms with E-state index in [0.717, 1.165) is 29.3 Å². The number of nitrogens with zero attached hydrogens (tertiary/aromatic N) is 4. The van der Waals surface area contributed by atoms with Gasteiger partial charge in [0.15, 0.2) is 0 Å². The lowest BCUT2D eigenvalue weighted by Gasteiger charge is -2.17. The molecule has 0 unspecified atom stereocenters. The summed E-state index contributed by atoms with van der Waals surface area (Å²) >= 11 is 0. The van der Waals surface area contributed by atoms with E-state index in [1.165, 1.54) is 0 Å². The number of aromatic nitrogens is 4. The predicted octanol–water partition coefficient (Wildman–Crippen LogP) is 1.93. The van der Waals surface area contributed by atoms with E-state index in [9.17, 15) is 0 Å². The van der Waals surface area contributed by atoms with Gasteiger partial charge in [0.2, 0.25) is 0 Å². The molecule has 0 aliphatic heterocycles. The predicted molar refractivity (Wildman–Crippen MR) is 71.5 cm³/mol. The van der Waals surface area contributed by atoms with E-state index in [2.05, 4.69) is 41.6 Å². The summed E-state index contributed by atoms with van der Waals surface area (Å²) in [5.74, 6) is 0.864. The van der Waals surface area contributed by atoms with E-state index < -0.39 is 0 Å². The van der Waals surface area contributed by atoms with Gasteiger partial charge in [0, 0.05) is 18.7 Å². The molecule has 104 valence electrons. The summed E-state index contributed by atoms with van der Waals surface area (Å²) < 4.78 is 7.00. The van der Waals surface area contributed by atoms with Crippen LogP contribution >= 0.6 is 0 Å². The zero-order chi connectivity index (χ0) is 14.0. The van der Waals surface area contributed by atoms with Crippen molar-refractivity contribution >= 4 is 0 Å². The molecule has 2 heterocycles. The van der Waals surface area contributed by atoms with Crippen LogP contribution in [0.3, 0.4) is 0 Å². The number of nitrogens with one attached hydrogen (secondary N) is 1. The molecule has 2 aromatic heterocycles. The molecule has 0 radical (unpaired) electrons. The van der Waals surface area contributed by atoms with Crippen LogP contribution in [0.5, 0.6) is 0 Å². The summed E-state index contributed by atoms with van der Waals surface area (Å²) in [4.78, 5) is 0. The molecule has 0 aromatic carbocycles. The molecule has 0 bridgehead atoms. The highest BCUT2D eigenvalue weighted by atomic mass is 16.5. The van der Waals surface area contributed by atoms with Gasteiger partial charge < -0.3 is 9.84 Å². The van der Waals surface area contributed by atoms with Crippen molar-refractivity contribution in [2.75, 3.05) is 0 Å². The topological polar surface area (TPSA) is 68.8 Å². The van der Waals surface area contributed by atoms with Gasteiger partial charge in [0.1, 0.15) is 5.76 Å². The van der Waals surface area contributed by atoms with Gasteiger partial charge in [-0.15, -0.1) is 5.10 Å². The minimum Gasteiger partial charge on any atom is -0.361 e. The van der Waals surface area contributed by atoms with Gasteiger partial charge in [-0.3, -0.25) is 0 Å². The molecular formula is C13H21N5O. The van der Waals surface area contributed by atoms with Gasteiger partial charge in [-0.2, -0.15) is 0 Å². The average molecular weight is 263 g/mol. The van der Waals surface area contributed by atoms with Crippen LogP contribution in [0.25, 0.3) is 0 Å². The van der Waals surface area contributed by atoms with Crippen molar-refractivity contribution in [2.24, 2.45) is 0 Å². The second-order valence-electron chi connectivity index (χ2n) is 5.73. The standard InChI is InChI=1S/C13H21N5O/c1-9-12(10(2)19-16-9)7-14-6-11-8-18(17-15-11)13(3,4)5/h8,14H,6-7H2,1-5H3. The number of rotatable bonds is 4. The lowest BCUT2D eigenvalue weighted by atomic mass is 10.1. The molecule has 6 heteroatoms. The zero-order valence-electron chi connectivity index (χ0n) is 12.2. The van der Waals surface area contributed by atoms with Crippen molar-refractivity contribution in [3.05, 3.63) is 28.9 Å². The number of hydrogen-bond acceptors (Lipinski definition) is 5. The maximum Gasteiger partial charge on any atom is 0.138 e. The van der Waals surface area contributed by atoms with Gasteiger partial charge in [-0.1, -0.05) is 10.4 Å². The van der Waals surface area contributed by atoms with Crippen LogP contribution in [0.2, 0.25) is 0 Å². The molecular weight excluding hydrogens is 242 g/mol. The second-order valence-corrected chi connectivity index (χ2v) is 5.73. The van der Waals surface area contributed by atoms with Crippen molar-refractivity contribution in [1.82, 2.24) is 25.5 Å². The Kier molecular flexibility index (Phi) is 3.71. The lowest BCUT2D eigenvalue weighted by Crippen LogP contribution is -2.22. The largest absolute Gasteiger partial charge is 0.361 e. The molecule has 0 aliphatic rings. The normalized spacial score (nSPS) is 12.1. The monoisotopic (exact) mass is 263 g/mol. The first-order chi connectivity index (χ1) is 8.88. The third kappa shape index (κ3) is 3.20. The van der Waals surface area contributed by atoms with Crippen LogP contribution < -0.4 is 5.32 Å². The molecule has 1 N–H and O–H groups in total. The lowest BCUT2D eigenvalue weighted by molar-refractivity contribution is 0.347. The van der Waals surface area contributed by atoms with Crippen LogP contribution in [-0.4, -0.2) is 20.2 Å². The Hall–Kier alpha value is -1.69. The summed E-state index contributed by atoms with van der Waals surface area (Å²) in [7, 11) is 0. The summed E-state index contributed by atoms with van der Waals surface area (Å²) in [6.45, 7) is 11.6. The fraction of sp³-hybridized carbons (Fsp3) is 0.615. The van der Waals surface area contributed by atoms with Gasteiger partial charge in [0.25, 0.3) is 0 Å².